The van der Waals surface area contributed by atoms with E-state index in [2.05, 4.69) is 19.2 Å². The van der Waals surface area contributed by atoms with Gasteiger partial charge in [0.2, 0.25) is 5.91 Å². The summed E-state index contributed by atoms with van der Waals surface area (Å²) in [5.41, 5.74) is 0. The molecule has 0 saturated carbocycles. The van der Waals surface area contributed by atoms with E-state index in [-0.39, 0.29) is 6.61 Å². The lowest BCUT2D eigenvalue weighted by Gasteiger charge is -2.21. The van der Waals surface area contributed by atoms with Crippen LogP contribution < -0.4 is 5.32 Å². The highest BCUT2D eigenvalue weighted by Gasteiger charge is 2.22. The molecule has 3 atom stereocenters. The molecule has 45 heavy (non-hydrogen) atoms. The molecule has 0 aromatic heterocycles. The summed E-state index contributed by atoms with van der Waals surface area (Å²) in [5, 5.41) is 33.0. The van der Waals surface area contributed by atoms with Gasteiger partial charge in [0, 0.05) is 0 Å². The average Bonchev–Trinajstić information content (AvgIpc) is 3.04. The smallest absolute Gasteiger partial charge is 0.249 e. The molecule has 1 amide bonds. The van der Waals surface area contributed by atoms with Gasteiger partial charge in [-0.3, -0.25) is 4.79 Å². The van der Waals surface area contributed by atoms with Crippen LogP contribution in [0.4, 0.5) is 0 Å². The van der Waals surface area contributed by atoms with Gasteiger partial charge in [-0.1, -0.05) is 206 Å². The minimum absolute atomic E-state index is 0.360. The molecule has 4 N–H and O–H groups in total. The molecular formula is C40H79NO4. The summed E-state index contributed by atoms with van der Waals surface area (Å²) in [6.07, 6.45) is 40.9. The van der Waals surface area contributed by atoms with E-state index in [0.29, 0.717) is 6.42 Å². The number of rotatable bonds is 36. The molecule has 0 aliphatic rings. The van der Waals surface area contributed by atoms with E-state index >= 15 is 0 Å². The lowest BCUT2D eigenvalue weighted by molar-refractivity contribution is -0.131. The molecule has 0 rings (SSSR count). The Kier molecular flexibility index (Phi) is 35.2. The number of aliphatic hydroxyl groups excluding tert-OH is 3. The second-order valence-corrected chi connectivity index (χ2v) is 13.9. The van der Waals surface area contributed by atoms with E-state index in [1.165, 1.54) is 161 Å². The van der Waals surface area contributed by atoms with E-state index in [1.807, 2.05) is 6.08 Å². The monoisotopic (exact) mass is 638 g/mol. The number of carbonyl (C=O) groups is 1. The first-order valence-corrected chi connectivity index (χ1v) is 20.0. The van der Waals surface area contributed by atoms with E-state index in [0.717, 1.165) is 32.1 Å². The lowest BCUT2D eigenvalue weighted by atomic mass is 10.0. The fourth-order valence-electron chi connectivity index (χ4n) is 6.18. The third-order valence-electron chi connectivity index (χ3n) is 9.38. The van der Waals surface area contributed by atoms with Gasteiger partial charge in [0.1, 0.15) is 6.10 Å². The van der Waals surface area contributed by atoms with Crippen molar-refractivity contribution in [2.24, 2.45) is 0 Å². The summed E-state index contributed by atoms with van der Waals surface area (Å²) < 4.78 is 0. The Morgan fingerprint density at radius 1 is 0.533 bits per heavy atom. The van der Waals surface area contributed by atoms with Crippen molar-refractivity contribution in [1.82, 2.24) is 5.32 Å². The maximum atomic E-state index is 12.4. The molecule has 0 heterocycles. The molecule has 268 valence electrons. The van der Waals surface area contributed by atoms with Crippen LogP contribution in [-0.4, -0.2) is 46.1 Å². The van der Waals surface area contributed by atoms with Crippen molar-refractivity contribution in [3.8, 4) is 0 Å². The molecule has 0 fully saturated rings. The van der Waals surface area contributed by atoms with Gasteiger partial charge in [-0.25, -0.2) is 0 Å². The molecular weight excluding hydrogens is 558 g/mol. The first kappa shape index (κ1) is 44.1. The van der Waals surface area contributed by atoms with Gasteiger partial charge in [-0.05, 0) is 19.3 Å². The van der Waals surface area contributed by atoms with Gasteiger partial charge >= 0.3 is 0 Å². The van der Waals surface area contributed by atoms with Crippen molar-refractivity contribution in [2.45, 2.75) is 231 Å². The van der Waals surface area contributed by atoms with E-state index in [4.69, 9.17) is 0 Å². The average molecular weight is 638 g/mol. The summed E-state index contributed by atoms with van der Waals surface area (Å²) in [5.74, 6) is -0.502. The molecule has 5 heteroatoms. The van der Waals surface area contributed by atoms with Crippen LogP contribution in [0.1, 0.15) is 213 Å². The number of hydrogen-bond donors (Lipinski definition) is 4. The predicted octanol–water partition coefficient (Wildman–Crippen LogP) is 10.9. The Labute approximate surface area is 280 Å². The predicted molar refractivity (Wildman–Crippen MR) is 195 cm³/mol. The Morgan fingerprint density at radius 2 is 0.867 bits per heavy atom. The van der Waals surface area contributed by atoms with Crippen molar-refractivity contribution in [3.63, 3.8) is 0 Å². The fraction of sp³-hybridized carbons (Fsp3) is 0.925. The number of carbonyl (C=O) groups excluding carboxylic acids is 1. The number of aliphatic hydroxyl groups is 3. The first-order chi connectivity index (χ1) is 22.1. The lowest BCUT2D eigenvalue weighted by Crippen LogP contribution is -2.48. The summed E-state index contributed by atoms with van der Waals surface area (Å²) in [7, 11) is 0. The molecule has 0 spiro atoms. The van der Waals surface area contributed by atoms with Crippen molar-refractivity contribution < 1.29 is 20.1 Å². The van der Waals surface area contributed by atoms with Gasteiger partial charge in [-0.15, -0.1) is 0 Å². The Balaban J connectivity index is 3.63. The van der Waals surface area contributed by atoms with Crippen molar-refractivity contribution in [2.75, 3.05) is 6.61 Å². The Morgan fingerprint density at radius 3 is 1.22 bits per heavy atom. The summed E-state index contributed by atoms with van der Waals surface area (Å²) in [6.45, 7) is 4.17. The maximum Gasteiger partial charge on any atom is 0.249 e. The minimum atomic E-state index is -1.09. The molecule has 0 aliphatic carbocycles. The molecule has 0 radical (unpaired) electrons. The third-order valence-corrected chi connectivity index (χ3v) is 9.38. The van der Waals surface area contributed by atoms with Gasteiger partial charge in [0.25, 0.3) is 0 Å². The molecule has 5 nitrogen and oxygen atoms in total. The molecule has 0 saturated heterocycles. The van der Waals surface area contributed by atoms with Crippen molar-refractivity contribution >= 4 is 5.91 Å². The summed E-state index contributed by atoms with van der Waals surface area (Å²) in [4.78, 5) is 12.4. The highest BCUT2D eigenvalue weighted by Crippen LogP contribution is 2.16. The van der Waals surface area contributed by atoms with Crippen LogP contribution >= 0.6 is 0 Å². The standard InChI is InChI=1S/C40H79NO4/c1-3-5-7-9-11-13-15-16-17-18-19-20-21-22-23-25-27-29-31-33-35-39(44)40(45)41-37(36-42)38(43)34-32-30-28-26-24-14-12-10-8-6-4-2/h32,34,37-39,42-44H,3-31,33,35-36H2,1-2H3,(H,41,45)/b34-32+. The van der Waals surface area contributed by atoms with Crippen LogP contribution in [-0.2, 0) is 4.79 Å². The van der Waals surface area contributed by atoms with Crippen LogP contribution in [0.25, 0.3) is 0 Å². The van der Waals surface area contributed by atoms with Gasteiger partial charge in [0.15, 0.2) is 0 Å². The topological polar surface area (TPSA) is 89.8 Å². The van der Waals surface area contributed by atoms with Crippen molar-refractivity contribution in [1.29, 1.82) is 0 Å². The van der Waals surface area contributed by atoms with E-state index in [1.54, 1.807) is 6.08 Å². The van der Waals surface area contributed by atoms with Crippen LogP contribution in [0.3, 0.4) is 0 Å². The van der Waals surface area contributed by atoms with Crippen molar-refractivity contribution in [3.05, 3.63) is 12.2 Å². The summed E-state index contributed by atoms with van der Waals surface area (Å²) in [6, 6.07) is -0.790. The number of hydrogen-bond acceptors (Lipinski definition) is 4. The zero-order valence-electron chi connectivity index (χ0n) is 30.3. The highest BCUT2D eigenvalue weighted by atomic mass is 16.3. The van der Waals surface area contributed by atoms with Gasteiger partial charge in [0.05, 0.1) is 18.8 Å². The fourth-order valence-corrected chi connectivity index (χ4v) is 6.18. The zero-order chi connectivity index (χ0) is 33.1. The highest BCUT2D eigenvalue weighted by molar-refractivity contribution is 5.80. The number of unbranched alkanes of at least 4 members (excludes halogenated alkanes) is 28. The maximum absolute atomic E-state index is 12.4. The quantitative estimate of drug-likeness (QED) is 0.0406. The minimum Gasteiger partial charge on any atom is -0.394 e. The Hall–Kier alpha value is -0.910. The molecule has 3 unspecified atom stereocenters. The largest absolute Gasteiger partial charge is 0.394 e. The van der Waals surface area contributed by atoms with Crippen LogP contribution in [0.15, 0.2) is 12.2 Å². The molecule has 0 bridgehead atoms. The van der Waals surface area contributed by atoms with Crippen LogP contribution in [0.2, 0.25) is 0 Å². The van der Waals surface area contributed by atoms with E-state index < -0.39 is 24.2 Å². The van der Waals surface area contributed by atoms with Crippen LogP contribution in [0, 0.1) is 0 Å². The van der Waals surface area contributed by atoms with Gasteiger partial charge in [-0.2, -0.15) is 0 Å². The number of amides is 1. The Bertz CT molecular complexity index is 625. The number of allylic oxidation sites excluding steroid dienone is 1. The third kappa shape index (κ3) is 31.5. The second kappa shape index (κ2) is 35.9. The van der Waals surface area contributed by atoms with E-state index in [9.17, 15) is 20.1 Å². The molecule has 0 aliphatic heterocycles. The second-order valence-electron chi connectivity index (χ2n) is 13.9. The SMILES string of the molecule is CCCCCCCCCCC/C=C/C(O)C(CO)NC(=O)C(O)CCCCCCCCCCCCCCCCCCCCCC. The van der Waals surface area contributed by atoms with Crippen LogP contribution in [0.5, 0.6) is 0 Å². The number of nitrogens with one attached hydrogen (secondary N) is 1. The normalized spacial score (nSPS) is 13.8. The summed E-state index contributed by atoms with van der Waals surface area (Å²) >= 11 is 0. The molecule has 0 aromatic carbocycles. The molecule has 0 aromatic rings. The zero-order valence-corrected chi connectivity index (χ0v) is 30.3. The van der Waals surface area contributed by atoms with Gasteiger partial charge < -0.3 is 20.6 Å². The first-order valence-electron chi connectivity index (χ1n) is 20.0.